The first kappa shape index (κ1) is 27.3. The van der Waals surface area contributed by atoms with Crippen molar-refractivity contribution in [2.45, 2.75) is 78.1 Å². The molecule has 40 heavy (non-hydrogen) atoms. The Morgan fingerprint density at radius 3 is 2.33 bits per heavy atom. The maximum absolute atomic E-state index is 14.9. The fourth-order valence-corrected chi connectivity index (χ4v) is 10.1. The second-order valence-corrected chi connectivity index (χ2v) is 13.3. The summed E-state index contributed by atoms with van der Waals surface area (Å²) >= 11 is 0. The normalized spacial score (nSPS) is 47.6. The molecule has 4 saturated carbocycles. The second kappa shape index (κ2) is 8.58. The number of ketones is 3. The Hall–Kier alpha value is -2.85. The number of fused-ring (bicyclic) bond motifs is 3. The molecular formula is C30H36O10. The lowest BCUT2D eigenvalue weighted by Gasteiger charge is -2.70. The summed E-state index contributed by atoms with van der Waals surface area (Å²) in [6.07, 6.45) is -0.0792. The minimum atomic E-state index is -1.47. The smallest absolute Gasteiger partial charge is 0.303 e. The summed E-state index contributed by atoms with van der Waals surface area (Å²) in [6.45, 7) is 8.01. The van der Waals surface area contributed by atoms with E-state index in [0.717, 1.165) is 0 Å². The first-order valence-electron chi connectivity index (χ1n) is 14.0. The van der Waals surface area contributed by atoms with Gasteiger partial charge in [0, 0.05) is 72.5 Å². The maximum atomic E-state index is 14.9. The van der Waals surface area contributed by atoms with E-state index in [1.54, 1.807) is 19.9 Å². The SMILES string of the molecule is CC(=O)O[C@@H]1C[C@H](O)[C@@]23COC[C@]1(C)[C@@H]2CC(=O)[C@@]1(C)[C@@H]2C(=O)C[C@@H](c4ccoc4)[C@]2(C)[C@@H](OC(C)=O)C(=O)[C@@H]13. The van der Waals surface area contributed by atoms with E-state index in [1.165, 1.54) is 26.4 Å². The molecule has 2 heterocycles. The molecule has 0 aromatic carbocycles. The van der Waals surface area contributed by atoms with Gasteiger partial charge in [-0.15, -0.1) is 0 Å². The number of carbonyl (C=O) groups is 5. The lowest BCUT2D eigenvalue weighted by Crippen LogP contribution is -2.78. The summed E-state index contributed by atoms with van der Waals surface area (Å²) in [4.78, 5) is 67.8. The molecule has 10 nitrogen and oxygen atoms in total. The van der Waals surface area contributed by atoms with Gasteiger partial charge in [0.2, 0.25) is 0 Å². The highest BCUT2D eigenvalue weighted by Crippen LogP contribution is 2.74. The van der Waals surface area contributed by atoms with Crippen LogP contribution in [0.4, 0.5) is 0 Å². The molecule has 11 atom stereocenters. The number of hydrogen-bond donors (Lipinski definition) is 1. The number of aliphatic hydroxyl groups excluding tert-OH is 1. The van der Waals surface area contributed by atoms with E-state index >= 15 is 0 Å². The van der Waals surface area contributed by atoms with Crippen molar-refractivity contribution in [2.24, 2.45) is 39.4 Å². The van der Waals surface area contributed by atoms with Crippen molar-refractivity contribution in [3.8, 4) is 0 Å². The molecule has 0 spiro atoms. The number of hydrogen-bond acceptors (Lipinski definition) is 10. The molecule has 1 N–H and O–H groups in total. The van der Waals surface area contributed by atoms with Crippen LogP contribution in [0.5, 0.6) is 0 Å². The highest BCUT2D eigenvalue weighted by Gasteiger charge is 2.81. The molecule has 1 aromatic rings. The van der Waals surface area contributed by atoms with E-state index in [2.05, 4.69) is 0 Å². The Labute approximate surface area is 232 Å². The van der Waals surface area contributed by atoms with Crippen LogP contribution in [-0.4, -0.2) is 65.9 Å². The van der Waals surface area contributed by atoms with E-state index in [9.17, 15) is 29.1 Å². The molecule has 216 valence electrons. The second-order valence-electron chi connectivity index (χ2n) is 13.3. The number of Topliss-reactive ketones (excluding diaryl/α,β-unsaturated/α-hetero) is 3. The van der Waals surface area contributed by atoms with Crippen LogP contribution in [-0.2, 0) is 38.2 Å². The Balaban J connectivity index is 1.56. The third kappa shape index (κ3) is 3.15. The lowest BCUT2D eigenvalue weighted by atomic mass is 9.34. The van der Waals surface area contributed by atoms with Crippen LogP contribution in [0.3, 0.4) is 0 Å². The summed E-state index contributed by atoms with van der Waals surface area (Å²) in [5, 5.41) is 11.9. The molecule has 5 fully saturated rings. The molecule has 1 aromatic heterocycles. The average Bonchev–Trinajstić information content (AvgIpc) is 3.48. The van der Waals surface area contributed by atoms with Crippen LogP contribution >= 0.6 is 0 Å². The van der Waals surface area contributed by atoms with Crippen LogP contribution in [0.25, 0.3) is 0 Å². The van der Waals surface area contributed by atoms with Crippen molar-refractivity contribution < 1.29 is 47.7 Å². The van der Waals surface area contributed by atoms with E-state index < -0.39 is 81.4 Å². The molecule has 2 bridgehead atoms. The highest BCUT2D eigenvalue weighted by atomic mass is 16.6. The van der Waals surface area contributed by atoms with Crippen LogP contribution in [0.2, 0.25) is 0 Å². The maximum Gasteiger partial charge on any atom is 0.303 e. The molecule has 1 aliphatic heterocycles. The molecule has 0 amide bonds. The van der Waals surface area contributed by atoms with E-state index in [-0.39, 0.29) is 44.0 Å². The largest absolute Gasteiger partial charge is 0.472 e. The molecule has 1 saturated heterocycles. The molecule has 5 aliphatic rings. The zero-order valence-electron chi connectivity index (χ0n) is 23.4. The van der Waals surface area contributed by atoms with Crippen LogP contribution in [0.1, 0.15) is 65.4 Å². The zero-order valence-corrected chi connectivity index (χ0v) is 23.4. The highest BCUT2D eigenvalue weighted by molar-refractivity contribution is 6.05. The zero-order chi connectivity index (χ0) is 29.0. The third-order valence-corrected chi connectivity index (χ3v) is 11.5. The Bertz CT molecular complexity index is 1300. The van der Waals surface area contributed by atoms with Crippen LogP contribution < -0.4 is 0 Å². The Kier molecular flexibility index (Phi) is 5.86. The number of rotatable bonds is 3. The van der Waals surface area contributed by atoms with E-state index in [0.29, 0.717) is 5.56 Å². The Morgan fingerprint density at radius 2 is 1.70 bits per heavy atom. The first-order valence-corrected chi connectivity index (χ1v) is 14.0. The molecule has 6 rings (SSSR count). The Morgan fingerprint density at radius 1 is 1.00 bits per heavy atom. The van der Waals surface area contributed by atoms with Gasteiger partial charge in [-0.25, -0.2) is 0 Å². The minimum Gasteiger partial charge on any atom is -0.472 e. The lowest BCUT2D eigenvalue weighted by molar-refractivity contribution is -0.297. The van der Waals surface area contributed by atoms with Gasteiger partial charge in [0.1, 0.15) is 17.7 Å². The van der Waals surface area contributed by atoms with Crippen molar-refractivity contribution in [1.82, 2.24) is 0 Å². The number of esters is 2. The van der Waals surface area contributed by atoms with Crippen LogP contribution in [0.15, 0.2) is 23.0 Å². The molecule has 0 radical (unpaired) electrons. The summed E-state index contributed by atoms with van der Waals surface area (Å²) < 4.78 is 22.9. The van der Waals surface area contributed by atoms with Crippen molar-refractivity contribution in [3.05, 3.63) is 24.2 Å². The van der Waals surface area contributed by atoms with Crippen molar-refractivity contribution in [1.29, 1.82) is 0 Å². The van der Waals surface area contributed by atoms with Gasteiger partial charge in [-0.1, -0.05) is 20.8 Å². The molecular weight excluding hydrogens is 520 g/mol. The van der Waals surface area contributed by atoms with Crippen molar-refractivity contribution >= 4 is 29.3 Å². The quantitative estimate of drug-likeness (QED) is 0.551. The molecule has 10 heteroatoms. The monoisotopic (exact) mass is 556 g/mol. The first-order chi connectivity index (χ1) is 18.7. The third-order valence-electron chi connectivity index (χ3n) is 11.5. The summed E-state index contributed by atoms with van der Waals surface area (Å²) in [5.41, 5.74) is -4.08. The minimum absolute atomic E-state index is 0.00341. The van der Waals surface area contributed by atoms with Gasteiger partial charge < -0.3 is 23.7 Å². The van der Waals surface area contributed by atoms with E-state index in [1.807, 2.05) is 6.92 Å². The molecule has 0 unspecified atom stereocenters. The van der Waals surface area contributed by atoms with Gasteiger partial charge in [0.15, 0.2) is 11.9 Å². The number of furan rings is 1. The predicted molar refractivity (Wildman–Crippen MR) is 135 cm³/mol. The predicted octanol–water partition coefficient (Wildman–Crippen LogP) is 2.40. The van der Waals surface area contributed by atoms with Crippen molar-refractivity contribution in [2.75, 3.05) is 13.2 Å². The fourth-order valence-electron chi connectivity index (χ4n) is 10.1. The fraction of sp³-hybridized carbons (Fsp3) is 0.700. The van der Waals surface area contributed by atoms with Gasteiger partial charge in [0.25, 0.3) is 0 Å². The van der Waals surface area contributed by atoms with E-state index in [4.69, 9.17) is 18.6 Å². The van der Waals surface area contributed by atoms with Gasteiger partial charge in [0.05, 0.1) is 31.8 Å². The number of carbonyl (C=O) groups excluding carboxylic acids is 5. The average molecular weight is 557 g/mol. The number of ether oxygens (including phenoxy) is 3. The standard InChI is InChI=1S/C30H36O10/c1-14(31)39-22-10-21(35)30-13-38-12-27(22,3)19(30)9-20(34)29(5)24-18(33)8-17(16-6-7-37-11-16)28(24,4)26(40-15(2)32)23(36)25(29)30/h6-7,11,17,19,21-22,24-26,35H,8-10,12-13H2,1-5H3/t17-,19-,21-,22+,24+,25-,26-,27+,28-,29-,30+/m0/s1. The number of aliphatic hydroxyl groups is 1. The van der Waals surface area contributed by atoms with Gasteiger partial charge in [-0.05, 0) is 17.5 Å². The van der Waals surface area contributed by atoms with Gasteiger partial charge in [-0.3, -0.25) is 24.0 Å². The topological polar surface area (TPSA) is 146 Å². The summed E-state index contributed by atoms with van der Waals surface area (Å²) in [6, 6.07) is 1.73. The summed E-state index contributed by atoms with van der Waals surface area (Å²) in [5.74, 6) is -5.25. The van der Waals surface area contributed by atoms with Crippen LogP contribution in [0, 0.1) is 39.4 Å². The van der Waals surface area contributed by atoms with Crippen molar-refractivity contribution in [3.63, 3.8) is 0 Å². The van der Waals surface area contributed by atoms with Gasteiger partial charge in [-0.2, -0.15) is 0 Å². The van der Waals surface area contributed by atoms with Gasteiger partial charge >= 0.3 is 11.9 Å². The summed E-state index contributed by atoms with van der Waals surface area (Å²) in [7, 11) is 0. The molecule has 4 aliphatic carbocycles.